The molecule has 2 amide bonds. The maximum atomic E-state index is 13.5. The molecule has 8 nitrogen and oxygen atoms in total. The van der Waals surface area contributed by atoms with Crippen LogP contribution in [0.3, 0.4) is 0 Å². The van der Waals surface area contributed by atoms with Gasteiger partial charge in [0.1, 0.15) is 5.75 Å². The molecule has 3 aromatic carbocycles. The maximum Gasteiger partial charge on any atom is 0.339 e. The average molecular weight is 668 g/mol. The van der Waals surface area contributed by atoms with Crippen molar-refractivity contribution in [2.24, 2.45) is 23.7 Å². The van der Waals surface area contributed by atoms with Crippen LogP contribution in [0.1, 0.15) is 52.5 Å². The van der Waals surface area contributed by atoms with Crippen LogP contribution in [-0.2, 0) is 20.7 Å². The minimum absolute atomic E-state index is 0.0829. The van der Waals surface area contributed by atoms with Crippen molar-refractivity contribution in [3.05, 3.63) is 87.9 Å². The van der Waals surface area contributed by atoms with Gasteiger partial charge < -0.3 is 9.47 Å². The molecule has 3 fully saturated rings. The number of hydrogen-bond donors (Lipinski definition) is 0. The Hall–Kier alpha value is -4.37. The number of carbonyl (C=O) groups is 4. The highest BCUT2D eigenvalue weighted by atomic mass is 79.9. The fourth-order valence-corrected chi connectivity index (χ4v) is 7.98. The van der Waals surface area contributed by atoms with Gasteiger partial charge in [-0.1, -0.05) is 47.1 Å². The van der Waals surface area contributed by atoms with E-state index in [1.165, 1.54) is 12.0 Å². The van der Waals surface area contributed by atoms with E-state index in [-0.39, 0.29) is 35.0 Å². The quantitative estimate of drug-likeness (QED) is 0.116. The van der Waals surface area contributed by atoms with E-state index in [1.54, 1.807) is 42.5 Å². The van der Waals surface area contributed by atoms with Crippen molar-refractivity contribution in [1.29, 1.82) is 0 Å². The minimum atomic E-state index is -0.647. The van der Waals surface area contributed by atoms with E-state index in [0.717, 1.165) is 29.3 Å². The summed E-state index contributed by atoms with van der Waals surface area (Å²) in [6, 6.07) is 19.3. The van der Waals surface area contributed by atoms with Gasteiger partial charge in [0.15, 0.2) is 12.4 Å². The second-order valence-electron chi connectivity index (χ2n) is 12.0. The zero-order valence-electron chi connectivity index (χ0n) is 24.9. The van der Waals surface area contributed by atoms with Gasteiger partial charge in [0.05, 0.1) is 41.4 Å². The number of carbonyl (C=O) groups excluding carboxylic acids is 4. The second-order valence-corrected chi connectivity index (χ2v) is 13.0. The van der Waals surface area contributed by atoms with E-state index >= 15 is 0 Å². The van der Waals surface area contributed by atoms with E-state index in [2.05, 4.69) is 15.9 Å². The van der Waals surface area contributed by atoms with Gasteiger partial charge in [-0.3, -0.25) is 19.3 Å². The van der Waals surface area contributed by atoms with Crippen molar-refractivity contribution >= 4 is 56.1 Å². The molecule has 2 heterocycles. The van der Waals surface area contributed by atoms with Crippen LogP contribution >= 0.6 is 15.9 Å². The third kappa shape index (κ3) is 5.03. The normalized spacial score (nSPS) is 21.8. The number of ether oxygens (including phenoxy) is 2. The van der Waals surface area contributed by atoms with Crippen molar-refractivity contribution in [3.8, 4) is 17.0 Å². The van der Waals surface area contributed by atoms with Crippen molar-refractivity contribution in [3.63, 3.8) is 0 Å². The van der Waals surface area contributed by atoms with Gasteiger partial charge in [0, 0.05) is 21.0 Å². The lowest BCUT2D eigenvalue weighted by Crippen LogP contribution is -2.32. The van der Waals surface area contributed by atoms with E-state index in [9.17, 15) is 19.2 Å². The zero-order chi connectivity index (χ0) is 31.4. The number of hydrogen-bond acceptors (Lipinski definition) is 7. The molecule has 45 heavy (non-hydrogen) atoms. The number of pyridine rings is 1. The van der Waals surface area contributed by atoms with E-state index in [1.807, 2.05) is 31.2 Å². The fourth-order valence-electron chi connectivity index (χ4n) is 7.48. The number of Topliss-reactive ketones (excluding diaryl/α,β-unsaturated/α-hetero) is 1. The Morgan fingerprint density at radius 3 is 2.33 bits per heavy atom. The number of rotatable bonds is 8. The van der Waals surface area contributed by atoms with Crippen LogP contribution in [0.2, 0.25) is 0 Å². The summed E-state index contributed by atoms with van der Waals surface area (Å²) < 4.78 is 11.5. The Morgan fingerprint density at radius 1 is 0.956 bits per heavy atom. The highest BCUT2D eigenvalue weighted by Crippen LogP contribution is 2.56. The van der Waals surface area contributed by atoms with E-state index in [0.29, 0.717) is 57.4 Å². The molecule has 1 aromatic heterocycles. The summed E-state index contributed by atoms with van der Waals surface area (Å²) in [6.45, 7) is 1.58. The first kappa shape index (κ1) is 29.3. The third-order valence-corrected chi connectivity index (χ3v) is 10.1. The molecular weight excluding hydrogens is 636 g/mol. The third-order valence-electron chi connectivity index (χ3n) is 9.63. The number of methoxy groups -OCH3 is 1. The first-order chi connectivity index (χ1) is 21.8. The van der Waals surface area contributed by atoms with Crippen molar-refractivity contribution < 1.29 is 28.7 Å². The van der Waals surface area contributed by atoms with Gasteiger partial charge in [-0.15, -0.1) is 0 Å². The maximum absolute atomic E-state index is 13.5. The van der Waals surface area contributed by atoms with Gasteiger partial charge in [-0.05, 0) is 85.5 Å². The first-order valence-corrected chi connectivity index (χ1v) is 16.0. The first-order valence-electron chi connectivity index (χ1n) is 15.2. The monoisotopic (exact) mass is 666 g/mol. The van der Waals surface area contributed by atoms with Crippen LogP contribution < -0.4 is 9.64 Å². The second kappa shape index (κ2) is 11.5. The standard InChI is InChI=1S/C36H31BrN2O6/c1-3-19-14-24(37)16-27-28(36(43)45-18-30(40)21-5-4-6-26(15-21)44-2)17-29(38-33(19)27)20-9-11-25(12-10-20)39-34(41)31-22-7-8-23(13-22)32(31)35(39)42/h4-6,9-12,14-17,22-23,31-32H,3,7-8,13,18H2,1-2H3. The fraction of sp³-hybridized carbons (Fsp3) is 0.306. The van der Waals surface area contributed by atoms with Crippen molar-refractivity contribution in [1.82, 2.24) is 4.98 Å². The molecule has 1 saturated heterocycles. The average Bonchev–Trinajstić information content (AvgIpc) is 3.76. The van der Waals surface area contributed by atoms with Crippen LogP contribution in [0.25, 0.3) is 22.2 Å². The van der Waals surface area contributed by atoms with Crippen LogP contribution in [0.5, 0.6) is 5.75 Å². The van der Waals surface area contributed by atoms with Gasteiger partial charge in [0.25, 0.3) is 0 Å². The molecule has 2 saturated carbocycles. The summed E-state index contributed by atoms with van der Waals surface area (Å²) in [5.74, 6) is -0.363. The molecule has 9 heteroatoms. The number of benzene rings is 3. The number of aromatic nitrogens is 1. The molecule has 1 aliphatic heterocycles. The Bertz CT molecular complexity index is 1860. The highest BCUT2D eigenvalue weighted by molar-refractivity contribution is 9.10. The Morgan fingerprint density at radius 2 is 1.67 bits per heavy atom. The number of esters is 1. The predicted octanol–water partition coefficient (Wildman–Crippen LogP) is 6.81. The summed E-state index contributed by atoms with van der Waals surface area (Å²) in [6.07, 6.45) is 3.73. The van der Waals surface area contributed by atoms with Gasteiger partial charge in [0.2, 0.25) is 11.8 Å². The Balaban J connectivity index is 1.20. The highest BCUT2D eigenvalue weighted by Gasteiger charge is 2.61. The SMILES string of the molecule is CCc1cc(Br)cc2c(C(=O)OCC(=O)c3cccc(OC)c3)cc(-c3ccc(N4C(=O)C5C6CCC(C6)C5C4=O)cc3)nc12. The van der Waals surface area contributed by atoms with Crippen molar-refractivity contribution in [2.45, 2.75) is 32.6 Å². The summed E-state index contributed by atoms with van der Waals surface area (Å²) >= 11 is 3.55. The summed E-state index contributed by atoms with van der Waals surface area (Å²) in [5, 5.41) is 0.606. The Kier molecular flexibility index (Phi) is 7.52. The van der Waals surface area contributed by atoms with E-state index in [4.69, 9.17) is 14.5 Å². The predicted molar refractivity (Wildman–Crippen MR) is 172 cm³/mol. The van der Waals surface area contributed by atoms with Crippen LogP contribution in [0, 0.1) is 23.7 Å². The molecule has 0 N–H and O–H groups in total. The molecule has 7 rings (SSSR count). The van der Waals surface area contributed by atoms with Gasteiger partial charge in [-0.25, -0.2) is 9.78 Å². The lowest BCUT2D eigenvalue weighted by atomic mass is 9.81. The molecule has 3 aliphatic rings. The van der Waals surface area contributed by atoms with Crippen LogP contribution in [-0.4, -0.2) is 42.3 Å². The number of halogens is 1. The summed E-state index contributed by atoms with van der Waals surface area (Å²) in [5.41, 5.74) is 4.05. The molecule has 0 radical (unpaired) electrons. The Labute approximate surface area is 268 Å². The number of imide groups is 1. The van der Waals surface area contributed by atoms with Crippen LogP contribution in [0.15, 0.2) is 71.2 Å². The summed E-state index contributed by atoms with van der Waals surface area (Å²) in [4.78, 5) is 59.4. The largest absolute Gasteiger partial charge is 0.497 e. The molecule has 2 aliphatic carbocycles. The topological polar surface area (TPSA) is 103 Å². The smallest absolute Gasteiger partial charge is 0.339 e. The number of nitrogens with zero attached hydrogens (tertiary/aromatic N) is 2. The number of aryl methyl sites for hydroxylation is 1. The van der Waals surface area contributed by atoms with Gasteiger partial charge >= 0.3 is 5.97 Å². The molecular formula is C36H31BrN2O6. The molecule has 4 aromatic rings. The molecule has 0 spiro atoms. The molecule has 4 atom stereocenters. The number of ketones is 1. The molecule has 4 unspecified atom stereocenters. The lowest BCUT2D eigenvalue weighted by molar-refractivity contribution is -0.123. The molecule has 2 bridgehead atoms. The van der Waals surface area contributed by atoms with Crippen LogP contribution in [0.4, 0.5) is 5.69 Å². The zero-order valence-corrected chi connectivity index (χ0v) is 26.5. The minimum Gasteiger partial charge on any atom is -0.497 e. The van der Waals surface area contributed by atoms with Gasteiger partial charge in [-0.2, -0.15) is 0 Å². The van der Waals surface area contributed by atoms with Crippen molar-refractivity contribution in [2.75, 3.05) is 18.6 Å². The lowest BCUT2D eigenvalue weighted by Gasteiger charge is -2.19. The summed E-state index contributed by atoms with van der Waals surface area (Å²) in [7, 11) is 1.52. The molecule has 228 valence electrons. The number of anilines is 1. The number of amides is 2. The van der Waals surface area contributed by atoms with E-state index < -0.39 is 12.6 Å². The number of fused-ring (bicyclic) bond motifs is 6.